The fourth-order valence-electron chi connectivity index (χ4n) is 3.44. The molecule has 0 aromatic rings. The van der Waals surface area contributed by atoms with E-state index in [0.717, 1.165) is 5.92 Å². The van der Waals surface area contributed by atoms with Gasteiger partial charge in [0.05, 0.1) is 0 Å². The number of nitrogens with zero attached hydrogens (tertiary/aromatic N) is 1. The minimum atomic E-state index is 0.681. The predicted octanol–water partition coefficient (Wildman–Crippen LogP) is 5.11. The Morgan fingerprint density at radius 2 is 1.89 bits per heavy atom. The average Bonchev–Trinajstić information content (AvgIpc) is 2.78. The molecule has 0 aromatic heterocycles. The van der Waals surface area contributed by atoms with E-state index in [2.05, 4.69) is 32.6 Å². The zero-order valence-corrected chi connectivity index (χ0v) is 13.3. The van der Waals surface area contributed by atoms with Gasteiger partial charge in [-0.15, -0.1) is 0 Å². The summed E-state index contributed by atoms with van der Waals surface area (Å²) in [7, 11) is 0. The number of rotatable bonds is 9. The van der Waals surface area contributed by atoms with E-state index in [1.54, 1.807) is 0 Å². The van der Waals surface area contributed by atoms with Crippen molar-refractivity contribution in [2.75, 3.05) is 19.6 Å². The number of hydrogen-bond acceptors (Lipinski definition) is 1. The molecule has 1 aliphatic rings. The summed E-state index contributed by atoms with van der Waals surface area (Å²) in [5.41, 5.74) is 0.681. The minimum Gasteiger partial charge on any atom is -0.303 e. The summed E-state index contributed by atoms with van der Waals surface area (Å²) in [5, 5.41) is 0. The second-order valence-corrected chi connectivity index (χ2v) is 6.68. The van der Waals surface area contributed by atoms with Gasteiger partial charge in [-0.2, -0.15) is 0 Å². The fraction of sp³-hybridized carbons (Fsp3) is 1.00. The molecule has 0 saturated carbocycles. The highest BCUT2D eigenvalue weighted by Crippen LogP contribution is 2.40. The van der Waals surface area contributed by atoms with Crippen LogP contribution in [0.25, 0.3) is 0 Å². The molecule has 1 aliphatic heterocycles. The topological polar surface area (TPSA) is 3.24 Å². The van der Waals surface area contributed by atoms with Gasteiger partial charge in [-0.05, 0) is 50.1 Å². The van der Waals surface area contributed by atoms with Crippen molar-refractivity contribution in [1.29, 1.82) is 0 Å². The fourth-order valence-corrected chi connectivity index (χ4v) is 3.44. The Morgan fingerprint density at radius 3 is 2.50 bits per heavy atom. The Labute approximate surface area is 115 Å². The van der Waals surface area contributed by atoms with Gasteiger partial charge >= 0.3 is 0 Å². The number of likely N-dealkylation sites (tertiary alicyclic amines) is 1. The first-order valence-corrected chi connectivity index (χ1v) is 8.38. The Hall–Kier alpha value is -0.0400. The van der Waals surface area contributed by atoms with E-state index in [9.17, 15) is 0 Å². The molecule has 0 spiro atoms. The largest absolute Gasteiger partial charge is 0.303 e. The third kappa shape index (κ3) is 4.91. The van der Waals surface area contributed by atoms with Crippen LogP contribution < -0.4 is 0 Å². The van der Waals surface area contributed by atoms with E-state index >= 15 is 0 Å². The van der Waals surface area contributed by atoms with Gasteiger partial charge in [0.15, 0.2) is 0 Å². The summed E-state index contributed by atoms with van der Waals surface area (Å²) in [6.07, 6.45) is 11.3. The van der Waals surface area contributed by atoms with Gasteiger partial charge in [-0.3, -0.25) is 0 Å². The molecule has 0 N–H and O–H groups in total. The lowest BCUT2D eigenvalue weighted by Gasteiger charge is -2.29. The van der Waals surface area contributed by atoms with E-state index in [-0.39, 0.29) is 0 Å². The van der Waals surface area contributed by atoms with Gasteiger partial charge in [-0.25, -0.2) is 0 Å². The molecule has 1 heteroatoms. The minimum absolute atomic E-state index is 0.681. The zero-order chi connectivity index (χ0) is 13.4. The van der Waals surface area contributed by atoms with E-state index < -0.39 is 0 Å². The molecular formula is C17H35N. The van der Waals surface area contributed by atoms with Crippen molar-refractivity contribution < 1.29 is 0 Å². The van der Waals surface area contributed by atoms with Crippen LogP contribution in [0.1, 0.15) is 79.1 Å². The van der Waals surface area contributed by atoms with Crippen molar-refractivity contribution in [3.8, 4) is 0 Å². The van der Waals surface area contributed by atoms with Gasteiger partial charge in [0.1, 0.15) is 0 Å². The molecule has 1 heterocycles. The molecule has 0 aromatic carbocycles. The quantitative estimate of drug-likeness (QED) is 0.552. The molecule has 2 atom stereocenters. The van der Waals surface area contributed by atoms with Crippen LogP contribution >= 0.6 is 0 Å². The standard InChI is InChI=1S/C17H35N/c1-5-8-11-17(10-6-2)12-14-18(15-17)13-9-16(4)7-3/h16H,5-15H2,1-4H3. The van der Waals surface area contributed by atoms with E-state index in [1.807, 2.05) is 0 Å². The first-order chi connectivity index (χ1) is 8.65. The van der Waals surface area contributed by atoms with Gasteiger partial charge in [-0.1, -0.05) is 53.4 Å². The molecule has 0 radical (unpaired) electrons. The van der Waals surface area contributed by atoms with Crippen LogP contribution in [-0.2, 0) is 0 Å². The zero-order valence-electron chi connectivity index (χ0n) is 13.3. The summed E-state index contributed by atoms with van der Waals surface area (Å²) < 4.78 is 0. The molecule has 1 saturated heterocycles. The van der Waals surface area contributed by atoms with Crippen LogP contribution in [0.2, 0.25) is 0 Å². The first kappa shape index (κ1) is 16.0. The summed E-state index contributed by atoms with van der Waals surface area (Å²) in [6.45, 7) is 13.5. The van der Waals surface area contributed by atoms with Crippen LogP contribution in [0.4, 0.5) is 0 Å². The lowest BCUT2D eigenvalue weighted by molar-refractivity contribution is 0.211. The van der Waals surface area contributed by atoms with Crippen molar-refractivity contribution >= 4 is 0 Å². The van der Waals surface area contributed by atoms with Gasteiger partial charge in [0.25, 0.3) is 0 Å². The van der Waals surface area contributed by atoms with Gasteiger partial charge in [0.2, 0.25) is 0 Å². The molecule has 18 heavy (non-hydrogen) atoms. The molecule has 1 rings (SSSR count). The number of hydrogen-bond donors (Lipinski definition) is 0. The lowest BCUT2D eigenvalue weighted by Crippen LogP contribution is -2.28. The van der Waals surface area contributed by atoms with Crippen molar-refractivity contribution in [3.05, 3.63) is 0 Å². The Balaban J connectivity index is 2.38. The average molecular weight is 253 g/mol. The SMILES string of the molecule is CCCCC1(CCC)CCN(CCC(C)CC)C1. The summed E-state index contributed by atoms with van der Waals surface area (Å²) in [4.78, 5) is 2.75. The smallest absolute Gasteiger partial charge is 0.00385 e. The van der Waals surface area contributed by atoms with Gasteiger partial charge in [0, 0.05) is 6.54 Å². The van der Waals surface area contributed by atoms with Crippen molar-refractivity contribution in [3.63, 3.8) is 0 Å². The van der Waals surface area contributed by atoms with E-state index in [1.165, 1.54) is 71.0 Å². The number of unbranched alkanes of at least 4 members (excludes halogenated alkanes) is 1. The molecule has 0 amide bonds. The van der Waals surface area contributed by atoms with Crippen LogP contribution in [-0.4, -0.2) is 24.5 Å². The maximum absolute atomic E-state index is 2.75. The molecule has 0 aliphatic carbocycles. The molecule has 1 nitrogen and oxygen atoms in total. The lowest BCUT2D eigenvalue weighted by atomic mass is 9.78. The summed E-state index contributed by atoms with van der Waals surface area (Å²) >= 11 is 0. The van der Waals surface area contributed by atoms with Crippen molar-refractivity contribution in [2.24, 2.45) is 11.3 Å². The first-order valence-electron chi connectivity index (χ1n) is 8.38. The molecule has 0 bridgehead atoms. The van der Waals surface area contributed by atoms with Crippen LogP contribution in [0.5, 0.6) is 0 Å². The third-order valence-corrected chi connectivity index (χ3v) is 4.99. The maximum Gasteiger partial charge on any atom is 0.00385 e. The van der Waals surface area contributed by atoms with Crippen molar-refractivity contribution in [1.82, 2.24) is 4.90 Å². The monoisotopic (exact) mass is 253 g/mol. The highest BCUT2D eigenvalue weighted by molar-refractivity contribution is 4.89. The molecular weight excluding hydrogens is 218 g/mol. The Bertz CT molecular complexity index is 214. The van der Waals surface area contributed by atoms with Gasteiger partial charge < -0.3 is 4.90 Å². The molecule has 108 valence electrons. The van der Waals surface area contributed by atoms with Crippen LogP contribution in [0.15, 0.2) is 0 Å². The summed E-state index contributed by atoms with van der Waals surface area (Å²) in [5.74, 6) is 0.904. The van der Waals surface area contributed by atoms with E-state index in [0.29, 0.717) is 5.41 Å². The van der Waals surface area contributed by atoms with Crippen LogP contribution in [0, 0.1) is 11.3 Å². The van der Waals surface area contributed by atoms with E-state index in [4.69, 9.17) is 0 Å². The highest BCUT2D eigenvalue weighted by Gasteiger charge is 2.36. The maximum atomic E-state index is 2.75. The third-order valence-electron chi connectivity index (χ3n) is 4.99. The highest BCUT2D eigenvalue weighted by atomic mass is 15.2. The van der Waals surface area contributed by atoms with Crippen molar-refractivity contribution in [2.45, 2.75) is 79.1 Å². The second-order valence-electron chi connectivity index (χ2n) is 6.68. The molecule has 1 fully saturated rings. The molecule has 2 unspecified atom stereocenters. The Morgan fingerprint density at radius 1 is 1.11 bits per heavy atom. The summed E-state index contributed by atoms with van der Waals surface area (Å²) in [6, 6.07) is 0. The Kier molecular flexibility index (Phi) is 7.29. The predicted molar refractivity (Wildman–Crippen MR) is 82.0 cm³/mol. The second kappa shape index (κ2) is 8.19. The van der Waals surface area contributed by atoms with Crippen LogP contribution in [0.3, 0.4) is 0 Å². The normalized spacial score (nSPS) is 26.7.